The first-order chi connectivity index (χ1) is 26.9. The summed E-state index contributed by atoms with van der Waals surface area (Å²) in [4.78, 5) is 14.7. The zero-order chi connectivity index (χ0) is 37.5. The van der Waals surface area contributed by atoms with E-state index in [1.54, 1.807) is 24.3 Å². The standard InChI is InChI=1S/C47H28F3N5/c48-47(49,50)40-20-9-7-18-36(40)38-24-22-35(46-53-44(31-13-3-1-4-14-31)52-45(54-46)32-15-5-2-6-16-32)28-43(38)55-41-21-10-8-19-37(41)39-27-34(23-25-42(39)55)33-17-11-12-30(26-33)29-51/h1-28H. The van der Waals surface area contributed by atoms with E-state index in [9.17, 15) is 18.4 Å². The molecular weight excluding hydrogens is 692 g/mol. The zero-order valence-corrected chi connectivity index (χ0v) is 29.0. The molecule has 0 unspecified atom stereocenters. The van der Waals surface area contributed by atoms with E-state index < -0.39 is 11.7 Å². The van der Waals surface area contributed by atoms with Gasteiger partial charge >= 0.3 is 6.18 Å². The molecule has 0 N–H and O–H groups in total. The highest BCUT2D eigenvalue weighted by Crippen LogP contribution is 2.43. The van der Waals surface area contributed by atoms with Crippen molar-refractivity contribution in [1.29, 1.82) is 5.26 Å². The second-order valence-corrected chi connectivity index (χ2v) is 13.1. The molecule has 0 aliphatic heterocycles. The molecule has 55 heavy (non-hydrogen) atoms. The van der Waals surface area contributed by atoms with Crippen LogP contribution in [-0.2, 0) is 6.18 Å². The number of halogens is 3. The largest absolute Gasteiger partial charge is 0.417 e. The first-order valence-corrected chi connectivity index (χ1v) is 17.6. The van der Waals surface area contributed by atoms with Crippen LogP contribution in [0, 0.1) is 11.3 Å². The average molecular weight is 720 g/mol. The molecule has 8 heteroatoms. The molecule has 0 atom stereocenters. The second-order valence-electron chi connectivity index (χ2n) is 13.1. The highest BCUT2D eigenvalue weighted by atomic mass is 19.4. The van der Waals surface area contributed by atoms with Crippen molar-refractivity contribution in [2.75, 3.05) is 0 Å². The Bertz CT molecular complexity index is 2870. The van der Waals surface area contributed by atoms with Gasteiger partial charge in [-0.25, -0.2) is 15.0 Å². The molecule has 2 aromatic heterocycles. The molecule has 7 aromatic carbocycles. The minimum Gasteiger partial charge on any atom is -0.309 e. The highest BCUT2D eigenvalue weighted by Gasteiger charge is 2.34. The van der Waals surface area contributed by atoms with Crippen molar-refractivity contribution in [3.8, 4) is 68.2 Å². The van der Waals surface area contributed by atoms with Gasteiger partial charge in [0.25, 0.3) is 0 Å². The van der Waals surface area contributed by atoms with E-state index in [0.29, 0.717) is 39.9 Å². The second kappa shape index (κ2) is 13.6. The highest BCUT2D eigenvalue weighted by molar-refractivity contribution is 6.11. The van der Waals surface area contributed by atoms with E-state index in [-0.39, 0.29) is 5.56 Å². The third-order valence-electron chi connectivity index (χ3n) is 9.72. The molecule has 0 saturated heterocycles. The van der Waals surface area contributed by atoms with Crippen molar-refractivity contribution in [2.24, 2.45) is 0 Å². The zero-order valence-electron chi connectivity index (χ0n) is 29.0. The first-order valence-electron chi connectivity index (χ1n) is 17.6. The number of alkyl halides is 3. The molecule has 9 rings (SSSR count). The van der Waals surface area contributed by atoms with Crippen LogP contribution in [0.15, 0.2) is 170 Å². The maximum atomic E-state index is 14.7. The van der Waals surface area contributed by atoms with Gasteiger partial charge in [0.1, 0.15) is 0 Å². The Morgan fingerprint density at radius 3 is 1.71 bits per heavy atom. The topological polar surface area (TPSA) is 67.4 Å². The Balaban J connectivity index is 1.33. The number of nitriles is 1. The van der Waals surface area contributed by atoms with Crippen LogP contribution in [-0.4, -0.2) is 19.5 Å². The van der Waals surface area contributed by atoms with E-state index in [1.165, 1.54) is 12.1 Å². The Kier molecular flexibility index (Phi) is 8.25. The molecular formula is C47H28F3N5. The van der Waals surface area contributed by atoms with Crippen LogP contribution < -0.4 is 0 Å². The normalized spacial score (nSPS) is 11.5. The Hall–Kier alpha value is -7.37. The molecule has 0 fully saturated rings. The van der Waals surface area contributed by atoms with Crippen LogP contribution >= 0.6 is 0 Å². The lowest BCUT2D eigenvalue weighted by Crippen LogP contribution is -2.08. The monoisotopic (exact) mass is 719 g/mol. The van der Waals surface area contributed by atoms with Crippen molar-refractivity contribution >= 4 is 21.8 Å². The van der Waals surface area contributed by atoms with Crippen molar-refractivity contribution in [2.45, 2.75) is 6.18 Å². The Labute approximate surface area is 314 Å². The Morgan fingerprint density at radius 2 is 1.02 bits per heavy atom. The van der Waals surface area contributed by atoms with Gasteiger partial charge in [0, 0.05) is 33.0 Å². The predicted molar refractivity (Wildman–Crippen MR) is 211 cm³/mol. The smallest absolute Gasteiger partial charge is 0.309 e. The number of rotatable bonds is 6. The molecule has 0 aliphatic rings. The van der Waals surface area contributed by atoms with Gasteiger partial charge < -0.3 is 4.57 Å². The van der Waals surface area contributed by atoms with E-state index in [2.05, 4.69) is 12.1 Å². The summed E-state index contributed by atoms with van der Waals surface area (Å²) in [5, 5.41) is 11.4. The molecule has 0 aliphatic carbocycles. The summed E-state index contributed by atoms with van der Waals surface area (Å²) in [6.07, 6.45) is -4.59. The third kappa shape index (κ3) is 6.18. The summed E-state index contributed by atoms with van der Waals surface area (Å²) >= 11 is 0. The minimum absolute atomic E-state index is 0.0537. The van der Waals surface area contributed by atoms with E-state index in [4.69, 9.17) is 15.0 Å². The lowest BCUT2D eigenvalue weighted by molar-refractivity contribution is -0.137. The number of aromatic nitrogens is 4. The summed E-state index contributed by atoms with van der Waals surface area (Å²) in [6, 6.07) is 53.8. The molecule has 0 bridgehead atoms. The summed E-state index contributed by atoms with van der Waals surface area (Å²) < 4.78 is 46.0. The van der Waals surface area contributed by atoms with Crippen molar-refractivity contribution in [3.05, 3.63) is 181 Å². The first kappa shape index (κ1) is 33.5. The Morgan fingerprint density at radius 1 is 0.455 bits per heavy atom. The van der Waals surface area contributed by atoms with Gasteiger partial charge in [0.15, 0.2) is 17.5 Å². The molecule has 0 radical (unpaired) electrons. The fourth-order valence-corrected chi connectivity index (χ4v) is 7.17. The maximum absolute atomic E-state index is 14.7. The number of hydrogen-bond donors (Lipinski definition) is 0. The molecule has 262 valence electrons. The van der Waals surface area contributed by atoms with E-state index in [1.807, 2.05) is 126 Å². The van der Waals surface area contributed by atoms with Crippen LogP contribution in [0.25, 0.3) is 83.9 Å². The predicted octanol–water partition coefficient (Wildman–Crippen LogP) is 12.2. The van der Waals surface area contributed by atoms with Crippen molar-refractivity contribution in [1.82, 2.24) is 19.5 Å². The van der Waals surface area contributed by atoms with Gasteiger partial charge in [-0.2, -0.15) is 18.4 Å². The molecule has 5 nitrogen and oxygen atoms in total. The van der Waals surface area contributed by atoms with Crippen LogP contribution in [0.5, 0.6) is 0 Å². The summed E-state index contributed by atoms with van der Waals surface area (Å²) in [6.45, 7) is 0. The van der Waals surface area contributed by atoms with Gasteiger partial charge in [-0.3, -0.25) is 0 Å². The molecule has 0 saturated carbocycles. The number of fused-ring (bicyclic) bond motifs is 3. The van der Waals surface area contributed by atoms with Gasteiger partial charge in [-0.05, 0) is 59.2 Å². The lowest BCUT2D eigenvalue weighted by Gasteiger charge is -2.19. The average Bonchev–Trinajstić information content (AvgIpc) is 3.57. The van der Waals surface area contributed by atoms with Crippen molar-refractivity contribution in [3.63, 3.8) is 0 Å². The number of para-hydroxylation sites is 1. The SMILES string of the molecule is N#Cc1cccc(-c2ccc3c(c2)c2ccccc2n3-c2cc(-c3nc(-c4ccccc4)nc(-c4ccccc4)n3)ccc2-c2ccccc2C(F)(F)F)c1. The third-order valence-corrected chi connectivity index (χ3v) is 9.72. The molecule has 0 amide bonds. The summed E-state index contributed by atoms with van der Waals surface area (Å²) in [7, 11) is 0. The minimum atomic E-state index is -4.59. The van der Waals surface area contributed by atoms with E-state index >= 15 is 0 Å². The van der Waals surface area contributed by atoms with Gasteiger partial charge in [-0.1, -0.05) is 127 Å². The fraction of sp³-hybridized carbons (Fsp3) is 0.0213. The van der Waals surface area contributed by atoms with Crippen LogP contribution in [0.4, 0.5) is 13.2 Å². The van der Waals surface area contributed by atoms with Crippen LogP contribution in [0.2, 0.25) is 0 Å². The molecule has 9 aromatic rings. The molecule has 2 heterocycles. The summed E-state index contributed by atoms with van der Waals surface area (Å²) in [5.74, 6) is 1.33. The van der Waals surface area contributed by atoms with Crippen LogP contribution in [0.1, 0.15) is 11.1 Å². The molecule has 0 spiro atoms. The number of hydrogen-bond acceptors (Lipinski definition) is 4. The summed E-state index contributed by atoms with van der Waals surface area (Å²) in [5.41, 5.74) is 6.42. The van der Waals surface area contributed by atoms with Gasteiger partial charge in [0.05, 0.1) is 33.9 Å². The number of nitrogens with zero attached hydrogens (tertiary/aromatic N) is 5. The number of benzene rings is 7. The maximum Gasteiger partial charge on any atom is 0.417 e. The quantitative estimate of drug-likeness (QED) is 0.172. The van der Waals surface area contributed by atoms with E-state index in [0.717, 1.165) is 50.1 Å². The fourth-order valence-electron chi connectivity index (χ4n) is 7.17. The van der Waals surface area contributed by atoms with Crippen LogP contribution in [0.3, 0.4) is 0 Å². The van der Waals surface area contributed by atoms with Gasteiger partial charge in [-0.15, -0.1) is 0 Å². The lowest BCUT2D eigenvalue weighted by atomic mass is 9.96. The van der Waals surface area contributed by atoms with Crippen molar-refractivity contribution < 1.29 is 13.2 Å². The van der Waals surface area contributed by atoms with Gasteiger partial charge in [0.2, 0.25) is 0 Å².